The van der Waals surface area contributed by atoms with Gasteiger partial charge in [0.05, 0.1) is 37.3 Å². The van der Waals surface area contributed by atoms with Gasteiger partial charge in [-0.15, -0.1) is 0 Å². The maximum absolute atomic E-state index is 12.8. The molecule has 0 saturated carbocycles. The summed E-state index contributed by atoms with van der Waals surface area (Å²) in [6.07, 6.45) is -0.799. The summed E-state index contributed by atoms with van der Waals surface area (Å²) in [5.74, 6) is -0.652. The lowest BCUT2D eigenvalue weighted by Crippen LogP contribution is -2.51. The molecule has 0 bridgehead atoms. The summed E-state index contributed by atoms with van der Waals surface area (Å²) in [6.45, 7) is 3.45. The molecule has 0 aliphatic carbocycles. The molecule has 146 valence electrons. The van der Waals surface area contributed by atoms with Gasteiger partial charge in [0.2, 0.25) is 10.0 Å². The van der Waals surface area contributed by atoms with E-state index in [2.05, 4.69) is 10.0 Å². The van der Waals surface area contributed by atoms with Gasteiger partial charge in [0, 0.05) is 0 Å². The number of methoxy groups -OCH3 is 1. The number of hydrogen-bond acceptors (Lipinski definition) is 7. The van der Waals surface area contributed by atoms with Crippen LogP contribution in [-0.2, 0) is 24.6 Å². The van der Waals surface area contributed by atoms with Crippen LogP contribution in [0.15, 0.2) is 23.1 Å². The molecule has 1 amide bonds. The Balaban J connectivity index is 2.28. The summed E-state index contributed by atoms with van der Waals surface area (Å²) in [5, 5.41) is 2.40. The van der Waals surface area contributed by atoms with Gasteiger partial charge in [0.15, 0.2) is 9.84 Å². The van der Waals surface area contributed by atoms with Crippen LogP contribution in [0.3, 0.4) is 0 Å². The van der Waals surface area contributed by atoms with Crippen LogP contribution in [-0.4, -0.2) is 60.2 Å². The highest BCUT2D eigenvalue weighted by Crippen LogP contribution is 2.26. The smallest absolute Gasteiger partial charge is 0.407 e. The van der Waals surface area contributed by atoms with E-state index in [1.807, 2.05) is 0 Å². The number of sulfonamides is 1. The monoisotopic (exact) mass is 406 g/mol. The average Bonchev–Trinajstić information content (AvgIpc) is 2.80. The largest absolute Gasteiger partial charge is 0.495 e. The molecule has 1 saturated heterocycles. The zero-order valence-corrected chi connectivity index (χ0v) is 16.3. The van der Waals surface area contributed by atoms with E-state index in [9.17, 15) is 21.6 Å². The van der Waals surface area contributed by atoms with E-state index in [1.165, 1.54) is 19.2 Å². The van der Waals surface area contributed by atoms with Crippen LogP contribution in [0, 0.1) is 6.92 Å². The Morgan fingerprint density at radius 1 is 1.27 bits per heavy atom. The Hall–Kier alpha value is -1.85. The molecule has 1 aliphatic rings. The van der Waals surface area contributed by atoms with E-state index < -0.39 is 43.8 Å². The van der Waals surface area contributed by atoms with Gasteiger partial charge in [-0.3, -0.25) is 0 Å². The zero-order chi connectivity index (χ0) is 19.5. The van der Waals surface area contributed by atoms with Crippen LogP contribution < -0.4 is 14.8 Å². The third-order valence-corrected chi connectivity index (χ3v) is 7.09. The van der Waals surface area contributed by atoms with Crippen LogP contribution in [0.25, 0.3) is 0 Å². The molecular formula is C15H22N2O7S2. The van der Waals surface area contributed by atoms with Gasteiger partial charge in [-0.25, -0.2) is 26.4 Å². The highest BCUT2D eigenvalue weighted by atomic mass is 32.2. The van der Waals surface area contributed by atoms with Gasteiger partial charge in [-0.2, -0.15) is 0 Å². The van der Waals surface area contributed by atoms with Crippen molar-refractivity contribution in [2.24, 2.45) is 0 Å². The predicted molar refractivity (Wildman–Crippen MR) is 94.4 cm³/mol. The first-order valence-corrected chi connectivity index (χ1v) is 11.2. The Morgan fingerprint density at radius 2 is 1.92 bits per heavy atom. The first-order chi connectivity index (χ1) is 12.1. The lowest BCUT2D eigenvalue weighted by molar-refractivity contribution is 0.148. The van der Waals surface area contributed by atoms with Crippen molar-refractivity contribution >= 4 is 26.0 Å². The number of amides is 1. The SMILES string of the molecule is CCOC(=O)N[C@@H]1CS(=O)(=O)C[C@@H]1NS(=O)(=O)c1cc(C)ccc1OC. The molecule has 0 unspecified atom stereocenters. The van der Waals surface area contributed by atoms with Crippen LogP contribution in [0.2, 0.25) is 0 Å². The normalized spacial score (nSPS) is 22.0. The third kappa shape index (κ3) is 4.86. The molecule has 2 N–H and O–H groups in total. The van der Waals surface area contributed by atoms with E-state index in [0.717, 1.165) is 0 Å². The summed E-state index contributed by atoms with van der Waals surface area (Å²) in [6, 6.07) is 2.70. The zero-order valence-electron chi connectivity index (χ0n) is 14.7. The number of aryl methyl sites for hydroxylation is 1. The molecule has 0 radical (unpaired) electrons. The molecule has 0 spiro atoms. The summed E-state index contributed by atoms with van der Waals surface area (Å²) in [5.41, 5.74) is 0.700. The number of benzene rings is 1. The molecule has 11 heteroatoms. The second-order valence-electron chi connectivity index (χ2n) is 5.93. The Kier molecular flexibility index (Phi) is 6.14. The second-order valence-corrected chi connectivity index (χ2v) is 9.77. The lowest BCUT2D eigenvalue weighted by Gasteiger charge is -2.21. The fourth-order valence-electron chi connectivity index (χ4n) is 2.69. The number of sulfone groups is 1. The number of hydrogen-bond donors (Lipinski definition) is 2. The minimum Gasteiger partial charge on any atom is -0.495 e. The van der Waals surface area contributed by atoms with E-state index in [-0.39, 0.29) is 23.0 Å². The number of rotatable bonds is 6. The Labute approximate surface area is 153 Å². The standard InChI is InChI=1S/C15H22N2O7S2/c1-4-24-15(18)16-11-8-25(19,20)9-12(11)17-26(21,22)14-7-10(2)5-6-13(14)23-3/h5-7,11-12,17H,4,8-9H2,1-3H3,(H,16,18)/t11-,12+/m1/s1. The van der Waals surface area contributed by atoms with Gasteiger partial charge >= 0.3 is 6.09 Å². The quantitative estimate of drug-likeness (QED) is 0.690. The number of ether oxygens (including phenoxy) is 2. The van der Waals surface area contributed by atoms with Crippen molar-refractivity contribution in [3.63, 3.8) is 0 Å². The second kappa shape index (κ2) is 7.80. The van der Waals surface area contributed by atoms with Crippen LogP contribution in [0.5, 0.6) is 5.75 Å². The maximum atomic E-state index is 12.8. The molecule has 0 aromatic heterocycles. The number of carbonyl (C=O) groups excluding carboxylic acids is 1. The van der Waals surface area contributed by atoms with Gasteiger partial charge < -0.3 is 14.8 Å². The Morgan fingerprint density at radius 3 is 2.54 bits per heavy atom. The fourth-order valence-corrected chi connectivity index (χ4v) is 6.18. The van der Waals surface area contributed by atoms with E-state index in [4.69, 9.17) is 9.47 Å². The molecule has 1 aromatic rings. The van der Waals surface area contributed by atoms with Crippen LogP contribution in [0.4, 0.5) is 4.79 Å². The van der Waals surface area contributed by atoms with Gasteiger partial charge in [0.25, 0.3) is 0 Å². The first kappa shape index (κ1) is 20.5. The first-order valence-electron chi connectivity index (χ1n) is 7.88. The lowest BCUT2D eigenvalue weighted by atomic mass is 10.2. The third-order valence-electron chi connectivity index (χ3n) is 3.85. The molecule has 9 nitrogen and oxygen atoms in total. The van der Waals surface area contributed by atoms with Crippen LogP contribution >= 0.6 is 0 Å². The number of alkyl carbamates (subject to hydrolysis) is 1. The molecule has 2 atom stereocenters. The number of nitrogens with one attached hydrogen (secondary N) is 2. The molecule has 1 aliphatic heterocycles. The number of carbonyl (C=O) groups is 1. The molecular weight excluding hydrogens is 384 g/mol. The van der Waals surface area contributed by atoms with Crippen molar-refractivity contribution in [3.8, 4) is 5.75 Å². The van der Waals surface area contributed by atoms with Crippen LogP contribution in [0.1, 0.15) is 12.5 Å². The van der Waals surface area contributed by atoms with Crippen molar-refractivity contribution in [2.45, 2.75) is 30.8 Å². The van der Waals surface area contributed by atoms with E-state index >= 15 is 0 Å². The minimum absolute atomic E-state index is 0.0980. The maximum Gasteiger partial charge on any atom is 0.407 e. The van der Waals surface area contributed by atoms with Crippen molar-refractivity contribution in [1.82, 2.24) is 10.0 Å². The topological polar surface area (TPSA) is 128 Å². The van der Waals surface area contributed by atoms with E-state index in [1.54, 1.807) is 19.9 Å². The molecule has 2 rings (SSSR count). The van der Waals surface area contributed by atoms with Gasteiger partial charge in [-0.05, 0) is 31.5 Å². The molecule has 1 fully saturated rings. The van der Waals surface area contributed by atoms with Crippen molar-refractivity contribution in [2.75, 3.05) is 25.2 Å². The fraction of sp³-hybridized carbons (Fsp3) is 0.533. The molecule has 26 heavy (non-hydrogen) atoms. The summed E-state index contributed by atoms with van der Waals surface area (Å²) in [4.78, 5) is 11.5. The minimum atomic E-state index is -4.07. The molecule has 1 heterocycles. The van der Waals surface area contributed by atoms with Gasteiger partial charge in [0.1, 0.15) is 10.6 Å². The summed E-state index contributed by atoms with van der Waals surface area (Å²) in [7, 11) is -6.24. The average molecular weight is 406 g/mol. The van der Waals surface area contributed by atoms with Crippen molar-refractivity contribution in [3.05, 3.63) is 23.8 Å². The molecule has 1 aromatic carbocycles. The Bertz CT molecular complexity index is 881. The van der Waals surface area contributed by atoms with E-state index in [0.29, 0.717) is 5.56 Å². The highest BCUT2D eigenvalue weighted by Gasteiger charge is 2.41. The van der Waals surface area contributed by atoms with Crippen molar-refractivity contribution in [1.29, 1.82) is 0 Å². The van der Waals surface area contributed by atoms with Crippen molar-refractivity contribution < 1.29 is 31.1 Å². The summed E-state index contributed by atoms with van der Waals surface area (Å²) < 4.78 is 61.6. The van der Waals surface area contributed by atoms with Gasteiger partial charge in [-0.1, -0.05) is 6.07 Å². The summed E-state index contributed by atoms with van der Waals surface area (Å²) >= 11 is 0. The highest BCUT2D eigenvalue weighted by molar-refractivity contribution is 7.92. The predicted octanol–water partition coefficient (Wildman–Crippen LogP) is 0.194.